The first-order chi connectivity index (χ1) is 9.72. The van der Waals surface area contributed by atoms with Crippen LogP contribution in [-0.2, 0) is 4.79 Å². The van der Waals surface area contributed by atoms with Crippen molar-refractivity contribution in [1.82, 2.24) is 15.2 Å². The van der Waals surface area contributed by atoms with Gasteiger partial charge >= 0.3 is 0 Å². The van der Waals surface area contributed by atoms with Gasteiger partial charge in [0.1, 0.15) is 0 Å². The Hall–Kier alpha value is -0.560. The normalized spacial score (nSPS) is 17.7. The molecule has 1 aromatic heterocycles. The van der Waals surface area contributed by atoms with E-state index < -0.39 is 0 Å². The predicted molar refractivity (Wildman–Crippen MR) is 95.7 cm³/mol. The zero-order valence-electron chi connectivity index (χ0n) is 12.8. The number of carbonyl (C=O) groups excluding carboxylic acids is 1. The average molecular weight is 367 g/mol. The van der Waals surface area contributed by atoms with Crippen LogP contribution in [0.25, 0.3) is 0 Å². The van der Waals surface area contributed by atoms with Crippen molar-refractivity contribution < 1.29 is 4.79 Å². The summed E-state index contributed by atoms with van der Waals surface area (Å²) in [6.45, 7) is 6.91. The van der Waals surface area contributed by atoms with Crippen molar-refractivity contribution in [2.75, 3.05) is 44.2 Å². The topological polar surface area (TPSA) is 48.5 Å². The van der Waals surface area contributed by atoms with E-state index in [4.69, 9.17) is 0 Å². The molecular formula is C14H24Cl2N4OS. The van der Waals surface area contributed by atoms with Gasteiger partial charge in [-0.1, -0.05) is 0 Å². The van der Waals surface area contributed by atoms with Crippen molar-refractivity contribution in [3.8, 4) is 0 Å². The fraction of sp³-hybridized carbons (Fsp3) is 0.714. The van der Waals surface area contributed by atoms with E-state index in [1.165, 1.54) is 12.8 Å². The molecule has 126 valence electrons. The average Bonchev–Trinajstić information content (AvgIpc) is 3.18. The third-order valence-electron chi connectivity index (χ3n) is 3.92. The lowest BCUT2D eigenvalue weighted by atomic mass is 10.3. The molecule has 1 aliphatic carbocycles. The summed E-state index contributed by atoms with van der Waals surface area (Å²) in [4.78, 5) is 20.8. The maximum atomic E-state index is 12.1. The highest BCUT2D eigenvalue weighted by Gasteiger charge is 2.24. The van der Waals surface area contributed by atoms with Crippen molar-refractivity contribution in [3.05, 3.63) is 11.1 Å². The molecule has 1 amide bonds. The highest BCUT2D eigenvalue weighted by Crippen LogP contribution is 2.27. The Bertz CT molecular complexity index is 473. The number of anilines is 1. The Balaban J connectivity index is 0.00000121. The lowest BCUT2D eigenvalue weighted by Gasteiger charge is -2.34. The van der Waals surface area contributed by atoms with E-state index in [9.17, 15) is 4.79 Å². The SMILES string of the molecule is Cc1csc(N2CCN(C(=O)CNCC3CC3)CC2)n1.Cl.Cl. The van der Waals surface area contributed by atoms with Crippen LogP contribution < -0.4 is 10.2 Å². The molecule has 2 fully saturated rings. The zero-order valence-corrected chi connectivity index (χ0v) is 15.2. The third kappa shape index (κ3) is 5.26. The Morgan fingerprint density at radius 2 is 2.00 bits per heavy atom. The van der Waals surface area contributed by atoms with Crippen LogP contribution in [0.5, 0.6) is 0 Å². The quantitative estimate of drug-likeness (QED) is 0.864. The van der Waals surface area contributed by atoms with Crippen LogP contribution in [0.3, 0.4) is 0 Å². The zero-order chi connectivity index (χ0) is 13.9. The van der Waals surface area contributed by atoms with E-state index in [-0.39, 0.29) is 30.7 Å². The van der Waals surface area contributed by atoms with E-state index in [2.05, 4.69) is 20.6 Å². The first-order valence-electron chi connectivity index (χ1n) is 7.38. The van der Waals surface area contributed by atoms with Crippen molar-refractivity contribution >= 4 is 47.2 Å². The summed E-state index contributed by atoms with van der Waals surface area (Å²) in [6, 6.07) is 0. The van der Waals surface area contributed by atoms with Gasteiger partial charge in [-0.2, -0.15) is 0 Å². The smallest absolute Gasteiger partial charge is 0.236 e. The first-order valence-corrected chi connectivity index (χ1v) is 8.26. The number of nitrogens with zero attached hydrogens (tertiary/aromatic N) is 3. The van der Waals surface area contributed by atoms with E-state index in [0.29, 0.717) is 6.54 Å². The number of rotatable bonds is 5. The van der Waals surface area contributed by atoms with Gasteiger partial charge in [-0.05, 0) is 32.2 Å². The molecule has 1 aromatic rings. The molecule has 2 heterocycles. The minimum absolute atomic E-state index is 0. The second kappa shape index (κ2) is 8.91. The van der Waals surface area contributed by atoms with Gasteiger partial charge in [0.2, 0.25) is 5.91 Å². The van der Waals surface area contributed by atoms with Crippen LogP contribution in [0.1, 0.15) is 18.5 Å². The molecule has 0 bridgehead atoms. The summed E-state index contributed by atoms with van der Waals surface area (Å²) in [5, 5.41) is 6.44. The first kappa shape index (κ1) is 19.5. The molecular weight excluding hydrogens is 343 g/mol. The molecule has 1 N–H and O–H groups in total. The number of aromatic nitrogens is 1. The van der Waals surface area contributed by atoms with Crippen LogP contribution in [0, 0.1) is 12.8 Å². The van der Waals surface area contributed by atoms with E-state index in [0.717, 1.165) is 49.5 Å². The lowest BCUT2D eigenvalue weighted by Crippen LogP contribution is -2.51. The highest BCUT2D eigenvalue weighted by atomic mass is 35.5. The number of hydrogen-bond acceptors (Lipinski definition) is 5. The van der Waals surface area contributed by atoms with E-state index in [1.54, 1.807) is 11.3 Å². The molecule has 1 aliphatic heterocycles. The molecule has 2 aliphatic rings. The Morgan fingerprint density at radius 3 is 2.55 bits per heavy atom. The standard InChI is InChI=1S/C14H22N4OS.2ClH/c1-11-10-20-14(16-11)18-6-4-17(5-7-18)13(19)9-15-8-12-2-3-12;;/h10,12,15H,2-9H2,1H3;2*1H. The fourth-order valence-electron chi connectivity index (χ4n) is 2.45. The molecule has 22 heavy (non-hydrogen) atoms. The summed E-state index contributed by atoms with van der Waals surface area (Å²) in [7, 11) is 0. The van der Waals surface area contributed by atoms with Gasteiger partial charge in [-0.3, -0.25) is 4.79 Å². The number of piperazine rings is 1. The van der Waals surface area contributed by atoms with Crippen molar-refractivity contribution in [2.24, 2.45) is 5.92 Å². The van der Waals surface area contributed by atoms with Gasteiger partial charge in [0.05, 0.1) is 12.2 Å². The summed E-state index contributed by atoms with van der Waals surface area (Å²) >= 11 is 1.69. The lowest BCUT2D eigenvalue weighted by molar-refractivity contribution is -0.130. The number of halogens is 2. The van der Waals surface area contributed by atoms with E-state index >= 15 is 0 Å². The van der Waals surface area contributed by atoms with Crippen LogP contribution in [0.2, 0.25) is 0 Å². The molecule has 1 saturated heterocycles. The van der Waals surface area contributed by atoms with Crippen LogP contribution >= 0.6 is 36.2 Å². The fourth-order valence-corrected chi connectivity index (χ4v) is 3.31. The van der Waals surface area contributed by atoms with Gasteiger partial charge in [-0.15, -0.1) is 36.2 Å². The largest absolute Gasteiger partial charge is 0.345 e. The number of thiazole rings is 1. The van der Waals surface area contributed by atoms with Gasteiger partial charge in [0.25, 0.3) is 0 Å². The highest BCUT2D eigenvalue weighted by molar-refractivity contribution is 7.13. The van der Waals surface area contributed by atoms with Crippen molar-refractivity contribution in [1.29, 1.82) is 0 Å². The molecule has 3 rings (SSSR count). The molecule has 8 heteroatoms. The Kier molecular flexibility index (Phi) is 7.89. The number of amides is 1. The number of carbonyl (C=O) groups is 1. The maximum Gasteiger partial charge on any atom is 0.236 e. The molecule has 0 atom stereocenters. The monoisotopic (exact) mass is 366 g/mol. The molecule has 0 spiro atoms. The molecule has 5 nitrogen and oxygen atoms in total. The second-order valence-electron chi connectivity index (χ2n) is 5.71. The van der Waals surface area contributed by atoms with Crippen LogP contribution in [0.15, 0.2) is 5.38 Å². The summed E-state index contributed by atoms with van der Waals surface area (Å²) in [5.41, 5.74) is 1.08. The molecule has 0 unspecified atom stereocenters. The third-order valence-corrected chi connectivity index (χ3v) is 4.94. The Morgan fingerprint density at radius 1 is 1.32 bits per heavy atom. The number of hydrogen-bond donors (Lipinski definition) is 1. The minimum atomic E-state index is 0. The van der Waals surface area contributed by atoms with Gasteiger partial charge < -0.3 is 15.1 Å². The molecule has 0 aromatic carbocycles. The van der Waals surface area contributed by atoms with E-state index in [1.807, 2.05) is 11.8 Å². The van der Waals surface area contributed by atoms with Crippen LogP contribution in [-0.4, -0.2) is 55.1 Å². The second-order valence-corrected chi connectivity index (χ2v) is 6.55. The van der Waals surface area contributed by atoms with Gasteiger partial charge in [0.15, 0.2) is 5.13 Å². The summed E-state index contributed by atoms with van der Waals surface area (Å²) < 4.78 is 0. The summed E-state index contributed by atoms with van der Waals surface area (Å²) in [6.07, 6.45) is 2.65. The number of nitrogens with one attached hydrogen (secondary N) is 1. The molecule has 1 saturated carbocycles. The predicted octanol–water partition coefficient (Wildman–Crippen LogP) is 1.94. The number of aryl methyl sites for hydroxylation is 1. The van der Waals surface area contributed by atoms with Crippen molar-refractivity contribution in [2.45, 2.75) is 19.8 Å². The Labute approximate surface area is 148 Å². The summed E-state index contributed by atoms with van der Waals surface area (Å²) in [5.74, 6) is 1.06. The minimum Gasteiger partial charge on any atom is -0.345 e. The van der Waals surface area contributed by atoms with Crippen molar-refractivity contribution in [3.63, 3.8) is 0 Å². The van der Waals surface area contributed by atoms with Gasteiger partial charge in [0, 0.05) is 31.6 Å². The van der Waals surface area contributed by atoms with Gasteiger partial charge in [-0.25, -0.2) is 4.98 Å². The molecule has 0 radical (unpaired) electrons. The maximum absolute atomic E-state index is 12.1. The van der Waals surface area contributed by atoms with Crippen LogP contribution in [0.4, 0.5) is 5.13 Å².